The first-order valence-electron chi connectivity index (χ1n) is 7.70. The molecule has 140 valence electrons. The highest BCUT2D eigenvalue weighted by atomic mass is 19.4. The van der Waals surface area contributed by atoms with E-state index in [0.717, 1.165) is 11.0 Å². The van der Waals surface area contributed by atoms with Crippen molar-refractivity contribution in [3.63, 3.8) is 0 Å². The average Bonchev–Trinajstić information content (AvgIpc) is 2.48. The van der Waals surface area contributed by atoms with Crippen LogP contribution in [0, 0.1) is 5.41 Å². The molecule has 0 saturated carbocycles. The van der Waals surface area contributed by atoms with Crippen LogP contribution < -0.4 is 9.47 Å². The van der Waals surface area contributed by atoms with E-state index >= 15 is 0 Å². The summed E-state index contributed by atoms with van der Waals surface area (Å²) in [6, 6.07) is 4.98. The van der Waals surface area contributed by atoms with Crippen LogP contribution in [0.15, 0.2) is 24.3 Å². The predicted molar refractivity (Wildman–Crippen MR) is 90.7 cm³/mol. The Bertz CT molecular complexity index is 581. The monoisotopic (exact) mass is 359 g/mol. The molecule has 0 aliphatic rings. The van der Waals surface area contributed by atoms with Gasteiger partial charge in [-0.25, -0.2) is 0 Å². The summed E-state index contributed by atoms with van der Waals surface area (Å²) in [6.45, 7) is 4.05. The standard InChI is InChI=1S/C18H24F3NO3/c1-17(2,3)11-22(12-18(19,20)21)16(23)7-6-13-8-14(24-4)10-15(9-13)25-5/h6-10H,11-12H2,1-5H3/b7-6+. The molecule has 0 spiro atoms. The van der Waals surface area contributed by atoms with E-state index in [1.54, 1.807) is 39.0 Å². The summed E-state index contributed by atoms with van der Waals surface area (Å²) < 4.78 is 48.5. The van der Waals surface area contributed by atoms with Crippen molar-refractivity contribution in [2.45, 2.75) is 26.9 Å². The molecule has 0 aromatic heterocycles. The van der Waals surface area contributed by atoms with E-state index in [1.165, 1.54) is 20.3 Å². The van der Waals surface area contributed by atoms with Gasteiger partial charge in [-0.05, 0) is 29.2 Å². The summed E-state index contributed by atoms with van der Waals surface area (Å²) in [7, 11) is 2.98. The highest BCUT2D eigenvalue weighted by Gasteiger charge is 2.34. The van der Waals surface area contributed by atoms with E-state index in [2.05, 4.69) is 0 Å². The molecule has 0 saturated heterocycles. The van der Waals surface area contributed by atoms with Crippen LogP contribution in [0.5, 0.6) is 11.5 Å². The zero-order valence-electron chi connectivity index (χ0n) is 15.1. The van der Waals surface area contributed by atoms with Gasteiger partial charge < -0.3 is 14.4 Å². The second-order valence-electron chi connectivity index (χ2n) is 6.85. The zero-order valence-corrected chi connectivity index (χ0v) is 15.1. The highest BCUT2D eigenvalue weighted by Crippen LogP contribution is 2.24. The van der Waals surface area contributed by atoms with Gasteiger partial charge in [-0.1, -0.05) is 20.8 Å². The number of alkyl halides is 3. The number of nitrogens with zero attached hydrogens (tertiary/aromatic N) is 1. The van der Waals surface area contributed by atoms with E-state index in [1.807, 2.05) is 0 Å². The smallest absolute Gasteiger partial charge is 0.406 e. The maximum Gasteiger partial charge on any atom is 0.406 e. The lowest BCUT2D eigenvalue weighted by atomic mass is 9.96. The third-order valence-electron chi connectivity index (χ3n) is 3.14. The lowest BCUT2D eigenvalue weighted by Gasteiger charge is -2.29. The number of methoxy groups -OCH3 is 2. The lowest BCUT2D eigenvalue weighted by Crippen LogP contribution is -2.42. The maximum absolute atomic E-state index is 12.8. The molecular formula is C18H24F3NO3. The van der Waals surface area contributed by atoms with Crippen LogP contribution in [0.3, 0.4) is 0 Å². The number of hydrogen-bond acceptors (Lipinski definition) is 3. The minimum Gasteiger partial charge on any atom is -0.497 e. The van der Waals surface area contributed by atoms with E-state index in [4.69, 9.17) is 9.47 Å². The van der Waals surface area contributed by atoms with Crippen LogP contribution in [0.1, 0.15) is 26.3 Å². The zero-order chi connectivity index (χ0) is 19.3. The normalized spacial score (nSPS) is 12.3. The Labute approximate surface area is 146 Å². The number of carbonyl (C=O) groups excluding carboxylic acids is 1. The molecule has 0 N–H and O–H groups in total. The Morgan fingerprint density at radius 2 is 1.56 bits per heavy atom. The predicted octanol–water partition coefficient (Wildman–Crippen LogP) is 4.15. The molecule has 1 amide bonds. The first-order valence-corrected chi connectivity index (χ1v) is 7.70. The van der Waals surface area contributed by atoms with Crippen LogP contribution in [-0.4, -0.2) is 44.3 Å². The first-order chi connectivity index (χ1) is 11.4. The third-order valence-corrected chi connectivity index (χ3v) is 3.14. The van der Waals surface area contributed by atoms with Crippen molar-refractivity contribution in [1.82, 2.24) is 4.90 Å². The maximum atomic E-state index is 12.8. The Hall–Kier alpha value is -2.18. The number of hydrogen-bond donors (Lipinski definition) is 0. The molecule has 7 heteroatoms. The van der Waals surface area contributed by atoms with Gasteiger partial charge in [0.05, 0.1) is 14.2 Å². The molecule has 4 nitrogen and oxygen atoms in total. The van der Waals surface area contributed by atoms with Crippen molar-refractivity contribution in [2.75, 3.05) is 27.3 Å². The van der Waals surface area contributed by atoms with Crippen LogP contribution >= 0.6 is 0 Å². The van der Waals surface area contributed by atoms with Gasteiger partial charge in [0.1, 0.15) is 18.0 Å². The summed E-state index contributed by atoms with van der Waals surface area (Å²) in [5.41, 5.74) is 0.140. The summed E-state index contributed by atoms with van der Waals surface area (Å²) in [4.78, 5) is 13.1. The fourth-order valence-electron chi connectivity index (χ4n) is 2.20. The topological polar surface area (TPSA) is 38.8 Å². The number of rotatable bonds is 6. The summed E-state index contributed by atoms with van der Waals surface area (Å²) >= 11 is 0. The van der Waals surface area contributed by atoms with Crippen LogP contribution in [0.25, 0.3) is 6.08 Å². The largest absolute Gasteiger partial charge is 0.497 e. The number of ether oxygens (including phenoxy) is 2. The molecule has 1 aromatic rings. The fourth-order valence-corrected chi connectivity index (χ4v) is 2.20. The first kappa shape index (κ1) is 20.9. The Morgan fingerprint density at radius 1 is 1.04 bits per heavy atom. The van der Waals surface area contributed by atoms with Crippen LogP contribution in [0.2, 0.25) is 0 Å². The molecule has 1 aromatic carbocycles. The van der Waals surface area contributed by atoms with E-state index in [-0.39, 0.29) is 6.54 Å². The molecule has 1 rings (SSSR count). The molecule has 0 bridgehead atoms. The van der Waals surface area contributed by atoms with E-state index in [9.17, 15) is 18.0 Å². The molecule has 0 unspecified atom stereocenters. The molecule has 0 heterocycles. The minimum atomic E-state index is -4.45. The van der Waals surface area contributed by atoms with Gasteiger partial charge in [0, 0.05) is 18.7 Å². The minimum absolute atomic E-state index is 0.00286. The van der Waals surface area contributed by atoms with Gasteiger partial charge >= 0.3 is 6.18 Å². The molecule has 0 aliphatic carbocycles. The second kappa shape index (κ2) is 8.27. The lowest BCUT2D eigenvalue weighted by molar-refractivity contribution is -0.160. The van der Waals surface area contributed by atoms with Gasteiger partial charge in [0.25, 0.3) is 0 Å². The number of carbonyl (C=O) groups is 1. The van der Waals surface area contributed by atoms with Crippen molar-refractivity contribution < 1.29 is 27.4 Å². The molecular weight excluding hydrogens is 335 g/mol. The van der Waals surface area contributed by atoms with Gasteiger partial charge in [-0.3, -0.25) is 4.79 Å². The fraction of sp³-hybridized carbons (Fsp3) is 0.500. The highest BCUT2D eigenvalue weighted by molar-refractivity contribution is 5.92. The number of benzene rings is 1. The van der Waals surface area contributed by atoms with Crippen molar-refractivity contribution in [1.29, 1.82) is 0 Å². The average molecular weight is 359 g/mol. The van der Waals surface area contributed by atoms with Crippen molar-refractivity contribution in [3.8, 4) is 11.5 Å². The Kier molecular flexibility index (Phi) is 6.90. The quantitative estimate of drug-likeness (QED) is 0.716. The molecule has 0 aliphatic heterocycles. The van der Waals surface area contributed by atoms with Crippen LogP contribution in [-0.2, 0) is 4.79 Å². The molecule has 0 atom stereocenters. The Morgan fingerprint density at radius 3 is 1.96 bits per heavy atom. The molecule has 0 fully saturated rings. The Balaban J connectivity index is 3.00. The molecule has 0 radical (unpaired) electrons. The van der Waals surface area contributed by atoms with Crippen molar-refractivity contribution in [3.05, 3.63) is 29.8 Å². The SMILES string of the molecule is COc1cc(/C=C/C(=O)N(CC(C)(C)C)CC(F)(F)F)cc(OC)c1. The second-order valence-corrected chi connectivity index (χ2v) is 6.85. The summed E-state index contributed by atoms with van der Waals surface area (Å²) in [5, 5.41) is 0. The summed E-state index contributed by atoms with van der Waals surface area (Å²) in [5.74, 6) is 0.343. The third kappa shape index (κ3) is 7.96. The van der Waals surface area contributed by atoms with Gasteiger partial charge in [-0.2, -0.15) is 13.2 Å². The van der Waals surface area contributed by atoms with Gasteiger partial charge in [0.15, 0.2) is 0 Å². The van der Waals surface area contributed by atoms with Crippen molar-refractivity contribution in [2.24, 2.45) is 5.41 Å². The van der Waals surface area contributed by atoms with E-state index in [0.29, 0.717) is 17.1 Å². The van der Waals surface area contributed by atoms with E-state index < -0.39 is 24.0 Å². The number of amides is 1. The molecule has 25 heavy (non-hydrogen) atoms. The van der Waals surface area contributed by atoms with Crippen molar-refractivity contribution >= 4 is 12.0 Å². The van der Waals surface area contributed by atoms with Gasteiger partial charge in [0.2, 0.25) is 5.91 Å². The van der Waals surface area contributed by atoms with Gasteiger partial charge in [-0.15, -0.1) is 0 Å². The number of halogens is 3. The van der Waals surface area contributed by atoms with Crippen LogP contribution in [0.4, 0.5) is 13.2 Å². The summed E-state index contributed by atoms with van der Waals surface area (Å²) in [6.07, 6.45) is -1.88.